The van der Waals surface area contributed by atoms with E-state index in [-0.39, 0.29) is 17.7 Å². The number of carbonyl (C=O) groups is 2. The fourth-order valence-electron chi connectivity index (χ4n) is 1.29. The smallest absolute Gasteiger partial charge is 0.234 e. The average Bonchev–Trinajstić information content (AvgIpc) is 1.96. The summed E-state index contributed by atoms with van der Waals surface area (Å²) in [4.78, 5) is 23.5. The Hall–Kier alpha value is -0.900. The maximum atomic E-state index is 11.0. The largest absolute Gasteiger partial charge is 0.368 e. The molecule has 1 aliphatic heterocycles. The van der Waals surface area contributed by atoms with Crippen LogP contribution in [0.3, 0.4) is 0 Å². The van der Waals surface area contributed by atoms with E-state index < -0.39 is 0 Å². The third kappa shape index (κ3) is 1.82. The summed E-state index contributed by atoms with van der Waals surface area (Å²) >= 11 is 0. The molecule has 0 saturated carbocycles. The molecule has 4 nitrogen and oxygen atoms in total. The normalized spacial score (nSPS) is 23.2. The molecule has 0 radical (unpaired) electrons. The first-order chi connectivity index (χ1) is 5.65. The zero-order valence-electron chi connectivity index (χ0n) is 7.25. The molecule has 0 spiro atoms. The van der Waals surface area contributed by atoms with Gasteiger partial charge in [-0.1, -0.05) is 6.92 Å². The van der Waals surface area contributed by atoms with Crippen molar-refractivity contribution in [3.8, 4) is 0 Å². The van der Waals surface area contributed by atoms with Gasteiger partial charge in [-0.05, 0) is 6.42 Å². The number of nitrogens with two attached hydrogens (primary N) is 1. The lowest BCUT2D eigenvalue weighted by Crippen LogP contribution is -2.56. The number of carbonyl (C=O) groups excluding carboxylic acids is 2. The van der Waals surface area contributed by atoms with Gasteiger partial charge in [0, 0.05) is 13.0 Å². The quantitative estimate of drug-likeness (QED) is 0.620. The van der Waals surface area contributed by atoms with Crippen LogP contribution in [-0.2, 0) is 9.59 Å². The summed E-state index contributed by atoms with van der Waals surface area (Å²) in [6, 6.07) is -0.194. The Balaban J connectivity index is 2.34. The van der Waals surface area contributed by atoms with Crippen molar-refractivity contribution in [3.05, 3.63) is 0 Å². The average molecular weight is 170 g/mol. The predicted octanol–water partition coefficient (Wildman–Crippen LogP) is -0.475. The number of hydrogen-bond acceptors (Lipinski definition) is 3. The van der Waals surface area contributed by atoms with E-state index in [1.54, 1.807) is 0 Å². The number of ketones is 1. The van der Waals surface area contributed by atoms with Crippen molar-refractivity contribution >= 4 is 11.7 Å². The van der Waals surface area contributed by atoms with Gasteiger partial charge in [-0.3, -0.25) is 14.5 Å². The van der Waals surface area contributed by atoms with E-state index in [9.17, 15) is 9.59 Å². The number of primary amides is 1. The van der Waals surface area contributed by atoms with Crippen LogP contribution < -0.4 is 5.73 Å². The van der Waals surface area contributed by atoms with E-state index in [2.05, 4.69) is 0 Å². The Labute approximate surface area is 71.7 Å². The number of nitrogens with zero attached hydrogens (tertiary/aromatic N) is 1. The fraction of sp³-hybridized carbons (Fsp3) is 0.750. The minimum atomic E-state index is -0.315. The summed E-state index contributed by atoms with van der Waals surface area (Å²) in [7, 11) is 0. The molecular weight excluding hydrogens is 156 g/mol. The van der Waals surface area contributed by atoms with Crippen LogP contribution in [-0.4, -0.2) is 35.7 Å². The molecule has 4 heteroatoms. The van der Waals surface area contributed by atoms with E-state index >= 15 is 0 Å². The van der Waals surface area contributed by atoms with Gasteiger partial charge < -0.3 is 5.73 Å². The van der Waals surface area contributed by atoms with Crippen LogP contribution in [0.15, 0.2) is 0 Å². The Kier molecular flexibility index (Phi) is 2.81. The number of likely N-dealkylation sites (tertiary alicyclic amines) is 1. The van der Waals surface area contributed by atoms with E-state index in [0.29, 0.717) is 13.0 Å². The monoisotopic (exact) mass is 170 g/mol. The van der Waals surface area contributed by atoms with Crippen LogP contribution in [0.4, 0.5) is 0 Å². The zero-order chi connectivity index (χ0) is 9.14. The number of rotatable bonds is 4. The second kappa shape index (κ2) is 3.67. The van der Waals surface area contributed by atoms with E-state index in [0.717, 1.165) is 13.0 Å². The van der Waals surface area contributed by atoms with Gasteiger partial charge in [0.1, 0.15) is 5.78 Å². The SMILES string of the molecule is CCC(=O)CN1CCC1C(N)=O. The first-order valence-corrected chi connectivity index (χ1v) is 4.20. The molecular formula is C8H14N2O2. The van der Waals surface area contributed by atoms with Gasteiger partial charge in [-0.2, -0.15) is 0 Å². The van der Waals surface area contributed by atoms with Crippen LogP contribution in [0, 0.1) is 0 Å². The zero-order valence-corrected chi connectivity index (χ0v) is 7.25. The summed E-state index contributed by atoms with van der Waals surface area (Å²) in [6.07, 6.45) is 1.33. The molecule has 1 unspecified atom stereocenters. The highest BCUT2D eigenvalue weighted by Gasteiger charge is 2.32. The van der Waals surface area contributed by atoms with E-state index in [1.807, 2.05) is 11.8 Å². The highest BCUT2D eigenvalue weighted by molar-refractivity contribution is 5.84. The summed E-state index contributed by atoms with van der Waals surface area (Å²) in [5.74, 6) is -0.147. The predicted molar refractivity (Wildman–Crippen MR) is 44.5 cm³/mol. The maximum absolute atomic E-state index is 11.0. The van der Waals surface area contributed by atoms with Gasteiger partial charge >= 0.3 is 0 Å². The van der Waals surface area contributed by atoms with Gasteiger partial charge in [-0.25, -0.2) is 0 Å². The molecule has 0 aromatic heterocycles. The summed E-state index contributed by atoms with van der Waals surface area (Å²) in [5, 5.41) is 0. The van der Waals surface area contributed by atoms with Gasteiger partial charge in [0.15, 0.2) is 0 Å². The molecule has 0 aromatic carbocycles. The molecule has 1 atom stereocenters. The van der Waals surface area contributed by atoms with E-state index in [4.69, 9.17) is 5.73 Å². The van der Waals surface area contributed by atoms with Crippen molar-refractivity contribution in [1.29, 1.82) is 0 Å². The highest BCUT2D eigenvalue weighted by atomic mass is 16.1. The van der Waals surface area contributed by atoms with Gasteiger partial charge in [-0.15, -0.1) is 0 Å². The Morgan fingerprint density at radius 2 is 2.25 bits per heavy atom. The van der Waals surface area contributed by atoms with Crippen LogP contribution >= 0.6 is 0 Å². The molecule has 1 rings (SSSR count). The third-order valence-electron chi connectivity index (χ3n) is 2.23. The highest BCUT2D eigenvalue weighted by Crippen LogP contribution is 2.16. The van der Waals surface area contributed by atoms with E-state index in [1.165, 1.54) is 0 Å². The second-order valence-corrected chi connectivity index (χ2v) is 3.07. The minimum absolute atomic E-state index is 0.168. The lowest BCUT2D eigenvalue weighted by atomic mass is 10.0. The molecule has 68 valence electrons. The van der Waals surface area contributed by atoms with Crippen LogP contribution in [0.1, 0.15) is 19.8 Å². The first kappa shape index (κ1) is 9.19. The number of amides is 1. The Morgan fingerprint density at radius 3 is 2.58 bits per heavy atom. The molecule has 2 N–H and O–H groups in total. The number of Topliss-reactive ketones (excluding diaryl/α,β-unsaturated/α-hetero) is 1. The molecule has 0 aliphatic carbocycles. The molecule has 1 heterocycles. The lowest BCUT2D eigenvalue weighted by Gasteiger charge is -2.37. The van der Waals surface area contributed by atoms with Crippen LogP contribution in [0.25, 0.3) is 0 Å². The third-order valence-corrected chi connectivity index (χ3v) is 2.23. The van der Waals surface area contributed by atoms with Crippen molar-refractivity contribution in [2.24, 2.45) is 5.73 Å². The van der Waals surface area contributed by atoms with Gasteiger partial charge in [0.05, 0.1) is 12.6 Å². The summed E-state index contributed by atoms with van der Waals surface area (Å²) in [5.41, 5.74) is 5.11. The number of hydrogen-bond donors (Lipinski definition) is 1. The standard InChI is InChI=1S/C8H14N2O2/c1-2-6(11)5-10-4-3-7(10)8(9)12/h7H,2-5H2,1H3,(H2,9,12). The van der Waals surface area contributed by atoms with Crippen molar-refractivity contribution in [3.63, 3.8) is 0 Å². The molecule has 1 saturated heterocycles. The Morgan fingerprint density at radius 1 is 1.58 bits per heavy atom. The molecule has 1 aliphatic rings. The van der Waals surface area contributed by atoms with Crippen molar-refractivity contribution in [1.82, 2.24) is 4.90 Å². The lowest BCUT2D eigenvalue weighted by molar-refractivity contribution is -0.130. The molecule has 0 bridgehead atoms. The molecule has 12 heavy (non-hydrogen) atoms. The summed E-state index contributed by atoms with van der Waals surface area (Å²) < 4.78 is 0. The fourth-order valence-corrected chi connectivity index (χ4v) is 1.29. The summed E-state index contributed by atoms with van der Waals surface area (Å²) in [6.45, 7) is 3.02. The molecule has 1 fully saturated rings. The van der Waals surface area contributed by atoms with Crippen LogP contribution in [0.5, 0.6) is 0 Å². The first-order valence-electron chi connectivity index (χ1n) is 4.20. The second-order valence-electron chi connectivity index (χ2n) is 3.07. The molecule has 0 aromatic rings. The van der Waals surface area contributed by atoms with Crippen LogP contribution in [0.2, 0.25) is 0 Å². The van der Waals surface area contributed by atoms with Crippen molar-refractivity contribution in [2.75, 3.05) is 13.1 Å². The van der Waals surface area contributed by atoms with Gasteiger partial charge in [0.2, 0.25) is 5.91 Å². The van der Waals surface area contributed by atoms with Crippen molar-refractivity contribution < 1.29 is 9.59 Å². The molecule has 1 amide bonds. The van der Waals surface area contributed by atoms with Crippen molar-refractivity contribution in [2.45, 2.75) is 25.8 Å². The van der Waals surface area contributed by atoms with Gasteiger partial charge in [0.25, 0.3) is 0 Å². The minimum Gasteiger partial charge on any atom is -0.368 e. The maximum Gasteiger partial charge on any atom is 0.234 e. The Bertz CT molecular complexity index is 203. The topological polar surface area (TPSA) is 63.4 Å².